The Labute approximate surface area is 97.8 Å². The predicted molar refractivity (Wildman–Crippen MR) is 68.9 cm³/mol. The van der Waals surface area contributed by atoms with Crippen LogP contribution in [0.3, 0.4) is 0 Å². The average Bonchev–Trinajstić information content (AvgIpc) is 2.61. The second-order valence-electron chi connectivity index (χ2n) is 4.77. The van der Waals surface area contributed by atoms with Gasteiger partial charge in [-0.2, -0.15) is 0 Å². The summed E-state index contributed by atoms with van der Waals surface area (Å²) >= 11 is 0. The molecular formula is C13H21N3. The number of rotatable bonds is 3. The summed E-state index contributed by atoms with van der Waals surface area (Å²) in [5, 5.41) is 0. The lowest BCUT2D eigenvalue weighted by atomic mass is 10.0. The van der Waals surface area contributed by atoms with E-state index in [-0.39, 0.29) is 0 Å². The zero-order chi connectivity index (χ0) is 11.7. The van der Waals surface area contributed by atoms with Crippen LogP contribution in [0.1, 0.15) is 17.2 Å². The van der Waals surface area contributed by atoms with Crippen LogP contribution in [0.25, 0.3) is 0 Å². The van der Waals surface area contributed by atoms with Gasteiger partial charge in [-0.15, -0.1) is 0 Å². The highest BCUT2D eigenvalue weighted by atomic mass is 15.1. The van der Waals surface area contributed by atoms with E-state index in [2.05, 4.69) is 49.1 Å². The lowest BCUT2D eigenvalue weighted by Crippen LogP contribution is -2.27. The Kier molecular flexibility index (Phi) is 3.17. The Morgan fingerprint density at radius 3 is 2.81 bits per heavy atom. The number of anilines is 1. The molecule has 0 unspecified atom stereocenters. The molecule has 0 saturated heterocycles. The lowest BCUT2D eigenvalue weighted by Gasteiger charge is -2.24. The summed E-state index contributed by atoms with van der Waals surface area (Å²) in [4.78, 5) is 4.49. The number of fused-ring (bicyclic) bond motifs is 1. The highest BCUT2D eigenvalue weighted by Gasteiger charge is 2.18. The second-order valence-corrected chi connectivity index (χ2v) is 4.77. The molecule has 2 N–H and O–H groups in total. The normalized spacial score (nSPS) is 16.7. The van der Waals surface area contributed by atoms with Crippen LogP contribution < -0.4 is 10.6 Å². The Bertz CT molecular complexity index is 373. The molecule has 0 aromatic heterocycles. The van der Waals surface area contributed by atoms with E-state index in [0.29, 0.717) is 12.6 Å². The summed E-state index contributed by atoms with van der Waals surface area (Å²) in [6.07, 6.45) is 1.16. The van der Waals surface area contributed by atoms with Gasteiger partial charge in [0.05, 0.1) is 0 Å². The number of benzene rings is 1. The van der Waals surface area contributed by atoms with Crippen molar-refractivity contribution in [2.24, 2.45) is 5.73 Å². The largest absolute Gasteiger partial charge is 0.374 e. The summed E-state index contributed by atoms with van der Waals surface area (Å²) in [5.41, 5.74) is 9.99. The molecule has 1 heterocycles. The third-order valence-corrected chi connectivity index (χ3v) is 3.46. The topological polar surface area (TPSA) is 32.5 Å². The molecule has 1 aliphatic rings. The summed E-state index contributed by atoms with van der Waals surface area (Å²) in [7, 11) is 6.31. The molecule has 2 rings (SSSR count). The van der Waals surface area contributed by atoms with Gasteiger partial charge < -0.3 is 15.5 Å². The molecule has 3 heteroatoms. The van der Waals surface area contributed by atoms with Crippen LogP contribution >= 0.6 is 0 Å². The Balaban J connectivity index is 2.31. The maximum atomic E-state index is 5.83. The average molecular weight is 219 g/mol. The third kappa shape index (κ3) is 1.93. The monoisotopic (exact) mass is 219 g/mol. The van der Waals surface area contributed by atoms with E-state index < -0.39 is 0 Å². The quantitative estimate of drug-likeness (QED) is 0.830. The van der Waals surface area contributed by atoms with E-state index in [0.717, 1.165) is 13.0 Å². The summed E-state index contributed by atoms with van der Waals surface area (Å²) < 4.78 is 0. The molecule has 1 aromatic rings. The molecule has 0 saturated carbocycles. The minimum Gasteiger partial charge on any atom is -0.374 e. The van der Waals surface area contributed by atoms with Crippen molar-refractivity contribution in [1.29, 1.82) is 0 Å². The van der Waals surface area contributed by atoms with E-state index >= 15 is 0 Å². The zero-order valence-corrected chi connectivity index (χ0v) is 10.4. The van der Waals surface area contributed by atoms with Crippen LogP contribution in [0.4, 0.5) is 5.69 Å². The molecular weight excluding hydrogens is 198 g/mol. The van der Waals surface area contributed by atoms with Gasteiger partial charge in [-0.05, 0) is 37.7 Å². The minimum absolute atomic E-state index is 0.330. The predicted octanol–water partition coefficient (Wildman–Crippen LogP) is 1.24. The molecule has 3 nitrogen and oxygen atoms in total. The SMILES string of the molecule is CN1CCc2cc([C@H](CN)N(C)C)ccc21. The van der Waals surface area contributed by atoms with Crippen LogP contribution in [-0.2, 0) is 6.42 Å². The molecule has 0 bridgehead atoms. The maximum absolute atomic E-state index is 5.83. The summed E-state index contributed by atoms with van der Waals surface area (Å²) in [6, 6.07) is 7.08. The molecule has 0 radical (unpaired) electrons. The molecule has 0 spiro atoms. The van der Waals surface area contributed by atoms with Crippen molar-refractivity contribution in [3.8, 4) is 0 Å². The van der Waals surface area contributed by atoms with E-state index in [1.165, 1.54) is 16.8 Å². The van der Waals surface area contributed by atoms with Crippen molar-refractivity contribution in [2.45, 2.75) is 12.5 Å². The molecule has 16 heavy (non-hydrogen) atoms. The minimum atomic E-state index is 0.330. The highest BCUT2D eigenvalue weighted by molar-refractivity contribution is 5.58. The number of nitrogens with two attached hydrogens (primary N) is 1. The van der Waals surface area contributed by atoms with Crippen molar-refractivity contribution in [1.82, 2.24) is 4.90 Å². The number of hydrogen-bond donors (Lipinski definition) is 1. The Hall–Kier alpha value is -1.06. The van der Waals surface area contributed by atoms with Gasteiger partial charge in [0.15, 0.2) is 0 Å². The van der Waals surface area contributed by atoms with Gasteiger partial charge in [-0.25, -0.2) is 0 Å². The van der Waals surface area contributed by atoms with E-state index in [4.69, 9.17) is 5.73 Å². The zero-order valence-electron chi connectivity index (χ0n) is 10.4. The number of hydrogen-bond acceptors (Lipinski definition) is 3. The molecule has 1 aliphatic heterocycles. The first-order chi connectivity index (χ1) is 7.63. The van der Waals surface area contributed by atoms with Gasteiger partial charge in [0.25, 0.3) is 0 Å². The maximum Gasteiger partial charge on any atom is 0.0464 e. The van der Waals surface area contributed by atoms with E-state index in [9.17, 15) is 0 Å². The van der Waals surface area contributed by atoms with Crippen LogP contribution in [0, 0.1) is 0 Å². The fourth-order valence-corrected chi connectivity index (χ4v) is 2.44. The Morgan fingerprint density at radius 2 is 2.19 bits per heavy atom. The summed E-state index contributed by atoms with van der Waals surface area (Å²) in [6.45, 7) is 1.80. The van der Waals surface area contributed by atoms with Crippen LogP contribution in [0.15, 0.2) is 18.2 Å². The Morgan fingerprint density at radius 1 is 1.44 bits per heavy atom. The van der Waals surface area contributed by atoms with Gasteiger partial charge in [-0.3, -0.25) is 0 Å². The van der Waals surface area contributed by atoms with Crippen molar-refractivity contribution in [2.75, 3.05) is 39.1 Å². The fraction of sp³-hybridized carbons (Fsp3) is 0.538. The second kappa shape index (κ2) is 4.44. The van der Waals surface area contributed by atoms with E-state index in [1.54, 1.807) is 0 Å². The molecule has 0 amide bonds. The van der Waals surface area contributed by atoms with Crippen LogP contribution in [0.5, 0.6) is 0 Å². The number of nitrogens with zero attached hydrogens (tertiary/aromatic N) is 2. The van der Waals surface area contributed by atoms with Crippen LogP contribution in [0.2, 0.25) is 0 Å². The first-order valence-electron chi connectivity index (χ1n) is 5.84. The first-order valence-corrected chi connectivity index (χ1v) is 5.84. The van der Waals surface area contributed by atoms with Gasteiger partial charge in [0, 0.05) is 31.9 Å². The molecule has 1 aromatic carbocycles. The standard InChI is InChI=1S/C13H21N3/c1-15(2)13(9-14)10-4-5-12-11(8-10)6-7-16(12)3/h4-5,8,13H,6-7,9,14H2,1-3H3/t13-/m0/s1. The lowest BCUT2D eigenvalue weighted by molar-refractivity contribution is 0.306. The molecule has 88 valence electrons. The van der Waals surface area contributed by atoms with Crippen molar-refractivity contribution >= 4 is 5.69 Å². The van der Waals surface area contributed by atoms with E-state index in [1.807, 2.05) is 0 Å². The molecule has 0 fully saturated rings. The van der Waals surface area contributed by atoms with Gasteiger partial charge in [-0.1, -0.05) is 12.1 Å². The molecule has 1 atom stereocenters. The fourth-order valence-electron chi connectivity index (χ4n) is 2.44. The third-order valence-electron chi connectivity index (χ3n) is 3.46. The van der Waals surface area contributed by atoms with Gasteiger partial charge in [0.2, 0.25) is 0 Å². The number of likely N-dealkylation sites (N-methyl/N-ethyl adjacent to an activating group) is 2. The smallest absolute Gasteiger partial charge is 0.0464 e. The molecule has 0 aliphatic carbocycles. The van der Waals surface area contributed by atoms with Crippen LogP contribution in [-0.4, -0.2) is 39.1 Å². The van der Waals surface area contributed by atoms with Crippen molar-refractivity contribution < 1.29 is 0 Å². The van der Waals surface area contributed by atoms with Gasteiger partial charge >= 0.3 is 0 Å². The van der Waals surface area contributed by atoms with Crippen molar-refractivity contribution in [3.05, 3.63) is 29.3 Å². The summed E-state index contributed by atoms with van der Waals surface area (Å²) in [5.74, 6) is 0. The highest BCUT2D eigenvalue weighted by Crippen LogP contribution is 2.30. The first kappa shape index (κ1) is 11.4. The van der Waals surface area contributed by atoms with Crippen molar-refractivity contribution in [3.63, 3.8) is 0 Å². The van der Waals surface area contributed by atoms with Gasteiger partial charge in [0.1, 0.15) is 0 Å².